The predicted octanol–water partition coefficient (Wildman–Crippen LogP) is 3.53. The Morgan fingerprint density at radius 3 is 2.73 bits per heavy atom. The molecule has 41 heavy (non-hydrogen) atoms. The van der Waals surface area contributed by atoms with Gasteiger partial charge in [0.05, 0.1) is 35.8 Å². The lowest BCUT2D eigenvalue weighted by Crippen LogP contribution is -2.39. The van der Waals surface area contributed by atoms with Crippen molar-refractivity contribution in [2.24, 2.45) is 4.99 Å². The quantitative estimate of drug-likeness (QED) is 0.384. The number of nitrogens with one attached hydrogen (secondary N) is 1. The van der Waals surface area contributed by atoms with Crippen LogP contribution < -0.4 is 10.1 Å². The van der Waals surface area contributed by atoms with E-state index in [1.807, 2.05) is 12.1 Å². The largest absolute Gasteiger partial charge is 0.481 e. The summed E-state index contributed by atoms with van der Waals surface area (Å²) in [5.74, 6) is -0.0660. The topological polar surface area (TPSA) is 139 Å². The van der Waals surface area contributed by atoms with Gasteiger partial charge in [-0.2, -0.15) is 0 Å². The van der Waals surface area contributed by atoms with E-state index in [0.29, 0.717) is 52.4 Å². The van der Waals surface area contributed by atoms with Crippen molar-refractivity contribution in [1.29, 1.82) is 0 Å². The number of halogens is 1. The maximum Gasteiger partial charge on any atom is 0.268 e. The van der Waals surface area contributed by atoms with Crippen molar-refractivity contribution < 1.29 is 24.2 Å². The second-order valence-electron chi connectivity index (χ2n) is 10.0. The molecule has 1 saturated heterocycles. The fourth-order valence-electron chi connectivity index (χ4n) is 4.87. The van der Waals surface area contributed by atoms with E-state index in [-0.39, 0.29) is 24.2 Å². The molecule has 0 bridgehead atoms. The molecule has 0 unspecified atom stereocenters. The summed E-state index contributed by atoms with van der Waals surface area (Å²) in [4.78, 5) is 45.4. The molecular weight excluding hydrogens is 548 g/mol. The van der Waals surface area contributed by atoms with Gasteiger partial charge in [0.2, 0.25) is 11.8 Å². The van der Waals surface area contributed by atoms with Gasteiger partial charge in [0.25, 0.3) is 11.8 Å². The van der Waals surface area contributed by atoms with E-state index in [1.54, 1.807) is 31.3 Å². The Morgan fingerprint density at radius 2 is 2.00 bits per heavy atom. The number of aliphatic hydroxyl groups is 1. The lowest BCUT2D eigenvalue weighted by molar-refractivity contribution is -0.121. The van der Waals surface area contributed by atoms with Crippen molar-refractivity contribution in [2.75, 3.05) is 25.6 Å². The fourth-order valence-corrected chi connectivity index (χ4v) is 5.07. The Bertz CT molecular complexity index is 1490. The smallest absolute Gasteiger partial charge is 0.268 e. The van der Waals surface area contributed by atoms with Crippen LogP contribution in [-0.2, 0) is 16.1 Å². The van der Waals surface area contributed by atoms with Gasteiger partial charge in [-0.1, -0.05) is 23.7 Å². The predicted molar refractivity (Wildman–Crippen MR) is 153 cm³/mol. The number of amides is 2. The maximum absolute atomic E-state index is 13.5. The third-order valence-electron chi connectivity index (χ3n) is 7.20. The Morgan fingerprint density at radius 1 is 1.22 bits per heavy atom. The summed E-state index contributed by atoms with van der Waals surface area (Å²) in [6, 6.07) is 8.01. The molecule has 0 spiro atoms. The number of fused-ring (bicyclic) bond motifs is 1. The minimum Gasteiger partial charge on any atom is -0.481 e. The third-order valence-corrected chi connectivity index (χ3v) is 7.48. The lowest BCUT2D eigenvalue weighted by atomic mass is 10.0. The number of aromatic nitrogens is 3. The Labute approximate surface area is 242 Å². The number of benzene rings is 1. The molecular formula is C29H31ClN6O5. The first-order valence-corrected chi connectivity index (χ1v) is 13.7. The summed E-state index contributed by atoms with van der Waals surface area (Å²) in [7, 11) is 1.47. The molecule has 2 N–H and O–H groups in total. The summed E-state index contributed by atoms with van der Waals surface area (Å²) in [5, 5.41) is 14.0. The Hall–Kier alpha value is -3.93. The average Bonchev–Trinajstić information content (AvgIpc) is 3.32. The van der Waals surface area contributed by atoms with Gasteiger partial charge in [-0.25, -0.2) is 19.9 Å². The molecule has 2 aliphatic heterocycles. The maximum atomic E-state index is 13.5. The van der Waals surface area contributed by atoms with E-state index in [4.69, 9.17) is 21.1 Å². The molecule has 2 amide bonds. The second-order valence-corrected chi connectivity index (χ2v) is 10.4. The number of methoxy groups -OCH3 is 1. The molecule has 4 heterocycles. The van der Waals surface area contributed by atoms with Crippen LogP contribution in [0.3, 0.4) is 0 Å². The summed E-state index contributed by atoms with van der Waals surface area (Å²) in [6.45, 7) is 4.76. The molecule has 0 aliphatic carbocycles. The SMILES string of the molecule is COc1cc(C(=NC(=O)[C@@H](C)N2Cc3ccc(-c4nc(NC5CCOCC5)ncc4Cl)cc3C2=O)[C@H](C)O)ccn1. The normalized spacial score (nSPS) is 17.2. The van der Waals surface area contributed by atoms with Gasteiger partial charge >= 0.3 is 0 Å². The van der Waals surface area contributed by atoms with Crippen molar-refractivity contribution in [3.63, 3.8) is 0 Å². The van der Waals surface area contributed by atoms with E-state index < -0.39 is 18.1 Å². The van der Waals surface area contributed by atoms with Gasteiger partial charge in [-0.05, 0) is 44.4 Å². The number of ether oxygens (including phenoxy) is 2. The van der Waals surface area contributed by atoms with E-state index in [9.17, 15) is 14.7 Å². The molecule has 12 heteroatoms. The van der Waals surface area contributed by atoms with Gasteiger partial charge in [0.1, 0.15) is 6.04 Å². The highest BCUT2D eigenvalue weighted by molar-refractivity contribution is 6.33. The van der Waals surface area contributed by atoms with Crippen molar-refractivity contribution in [1.82, 2.24) is 19.9 Å². The Kier molecular flexibility index (Phi) is 8.57. The van der Waals surface area contributed by atoms with Crippen LogP contribution in [-0.4, -0.2) is 81.0 Å². The van der Waals surface area contributed by atoms with E-state index >= 15 is 0 Å². The molecule has 2 aromatic heterocycles. The second kappa shape index (κ2) is 12.3. The molecule has 3 aromatic rings. The zero-order chi connectivity index (χ0) is 29.1. The average molecular weight is 579 g/mol. The minimum absolute atomic E-state index is 0.164. The molecule has 2 aliphatic rings. The van der Waals surface area contributed by atoms with E-state index in [0.717, 1.165) is 18.4 Å². The third kappa shape index (κ3) is 6.22. The first kappa shape index (κ1) is 28.6. The van der Waals surface area contributed by atoms with Crippen LogP contribution in [0.2, 0.25) is 5.02 Å². The number of hydrogen-bond acceptors (Lipinski definition) is 9. The summed E-state index contributed by atoms with van der Waals surface area (Å²) < 4.78 is 10.6. The number of pyridine rings is 1. The molecule has 5 rings (SSSR count). The number of nitrogens with zero attached hydrogens (tertiary/aromatic N) is 5. The van der Waals surface area contributed by atoms with Gasteiger partial charge < -0.3 is 24.8 Å². The molecule has 11 nitrogen and oxygen atoms in total. The fraction of sp³-hybridized carbons (Fsp3) is 0.379. The minimum atomic E-state index is -1.03. The number of carbonyl (C=O) groups excluding carboxylic acids is 2. The van der Waals surface area contributed by atoms with Crippen LogP contribution in [0.25, 0.3) is 11.3 Å². The van der Waals surface area contributed by atoms with Crippen LogP contribution in [0.15, 0.2) is 47.7 Å². The molecule has 0 radical (unpaired) electrons. The monoisotopic (exact) mass is 578 g/mol. The number of aliphatic imine (C=N–C) groups is 1. The van der Waals surface area contributed by atoms with Crippen molar-refractivity contribution >= 4 is 35.1 Å². The van der Waals surface area contributed by atoms with Crippen molar-refractivity contribution in [2.45, 2.75) is 51.4 Å². The molecule has 214 valence electrons. The number of aliphatic hydroxyl groups excluding tert-OH is 1. The number of carbonyl (C=O) groups is 2. The molecule has 0 saturated carbocycles. The first-order valence-electron chi connectivity index (χ1n) is 13.4. The summed E-state index contributed by atoms with van der Waals surface area (Å²) >= 11 is 6.47. The Balaban J connectivity index is 1.36. The van der Waals surface area contributed by atoms with Crippen LogP contribution in [0.5, 0.6) is 5.88 Å². The first-order chi connectivity index (χ1) is 19.7. The van der Waals surface area contributed by atoms with E-state index in [1.165, 1.54) is 25.1 Å². The van der Waals surface area contributed by atoms with Gasteiger partial charge in [0, 0.05) is 54.8 Å². The van der Waals surface area contributed by atoms with Crippen molar-refractivity contribution in [3.8, 4) is 17.1 Å². The number of hydrogen-bond donors (Lipinski definition) is 2. The zero-order valence-corrected chi connectivity index (χ0v) is 23.8. The molecule has 1 aromatic carbocycles. The van der Waals surface area contributed by atoms with Crippen LogP contribution in [0.1, 0.15) is 48.2 Å². The highest BCUT2D eigenvalue weighted by atomic mass is 35.5. The summed E-state index contributed by atoms with van der Waals surface area (Å²) in [5.41, 5.74) is 3.09. The van der Waals surface area contributed by atoms with Crippen LogP contribution >= 0.6 is 11.6 Å². The van der Waals surface area contributed by atoms with Gasteiger partial charge in [0.15, 0.2) is 0 Å². The highest BCUT2D eigenvalue weighted by Crippen LogP contribution is 2.32. The highest BCUT2D eigenvalue weighted by Gasteiger charge is 2.34. The van der Waals surface area contributed by atoms with Gasteiger partial charge in [-0.15, -0.1) is 0 Å². The van der Waals surface area contributed by atoms with Crippen LogP contribution in [0, 0.1) is 0 Å². The van der Waals surface area contributed by atoms with E-state index in [2.05, 4.69) is 25.3 Å². The standard InChI is InChI=1S/C29H31ClN6O5/c1-16(27(38)34-25(17(2)37)19-6-9-31-24(13-19)40-3)36-15-20-5-4-18(12-22(20)28(36)39)26-23(30)14-32-29(35-26)33-21-7-10-41-11-8-21/h4-6,9,12-14,16-17,21,37H,7-8,10-11,15H2,1-3H3,(H,32,33,35)/t16-,17+/m1/s1. The lowest BCUT2D eigenvalue weighted by Gasteiger charge is -2.23. The summed E-state index contributed by atoms with van der Waals surface area (Å²) in [6.07, 6.45) is 3.74. The molecule has 1 fully saturated rings. The van der Waals surface area contributed by atoms with Crippen molar-refractivity contribution in [3.05, 3.63) is 64.4 Å². The van der Waals surface area contributed by atoms with Crippen LogP contribution in [0.4, 0.5) is 5.95 Å². The zero-order valence-electron chi connectivity index (χ0n) is 23.0. The number of anilines is 1. The number of rotatable bonds is 8. The molecule has 2 atom stereocenters. The van der Waals surface area contributed by atoms with Gasteiger partial charge in [-0.3, -0.25) is 9.59 Å².